The summed E-state index contributed by atoms with van der Waals surface area (Å²) in [5.41, 5.74) is 3.85. The standard InChI is InChI=1S/C18H15NO/c1-13-4-2-5-14(12-13)8-10-16-11-9-15-6-3-7-17(20)18(15)19-16/h2-12,20H,1H3/b10-8+. The van der Waals surface area contributed by atoms with E-state index in [1.165, 1.54) is 5.56 Å². The zero-order chi connectivity index (χ0) is 13.9. The molecule has 2 nitrogen and oxygen atoms in total. The molecule has 3 aromatic rings. The Morgan fingerprint density at radius 2 is 1.80 bits per heavy atom. The summed E-state index contributed by atoms with van der Waals surface area (Å²) in [7, 11) is 0. The van der Waals surface area contributed by atoms with Crippen molar-refractivity contribution in [3.63, 3.8) is 0 Å². The van der Waals surface area contributed by atoms with Crippen molar-refractivity contribution in [1.82, 2.24) is 4.98 Å². The van der Waals surface area contributed by atoms with Gasteiger partial charge in [-0.15, -0.1) is 0 Å². The van der Waals surface area contributed by atoms with Crippen LogP contribution in [-0.2, 0) is 0 Å². The molecule has 0 aliphatic carbocycles. The van der Waals surface area contributed by atoms with E-state index >= 15 is 0 Å². The predicted molar refractivity (Wildman–Crippen MR) is 83.5 cm³/mol. The van der Waals surface area contributed by atoms with Gasteiger partial charge in [0.05, 0.1) is 5.69 Å². The van der Waals surface area contributed by atoms with E-state index in [0.717, 1.165) is 16.6 Å². The lowest BCUT2D eigenvalue weighted by Crippen LogP contribution is -1.84. The van der Waals surface area contributed by atoms with Crippen molar-refractivity contribution in [1.29, 1.82) is 0 Å². The normalized spacial score (nSPS) is 11.2. The van der Waals surface area contributed by atoms with Gasteiger partial charge in [0.25, 0.3) is 0 Å². The van der Waals surface area contributed by atoms with E-state index in [0.29, 0.717) is 5.52 Å². The summed E-state index contributed by atoms with van der Waals surface area (Å²) in [4.78, 5) is 4.48. The van der Waals surface area contributed by atoms with Gasteiger partial charge in [-0.25, -0.2) is 4.98 Å². The Bertz CT molecular complexity index is 790. The van der Waals surface area contributed by atoms with Gasteiger partial charge in [-0.05, 0) is 30.7 Å². The lowest BCUT2D eigenvalue weighted by atomic mass is 10.1. The second-order valence-electron chi connectivity index (χ2n) is 4.83. The van der Waals surface area contributed by atoms with Crippen LogP contribution in [0.15, 0.2) is 54.6 Å². The van der Waals surface area contributed by atoms with Crippen molar-refractivity contribution < 1.29 is 5.11 Å². The molecule has 2 aromatic carbocycles. The van der Waals surface area contributed by atoms with E-state index in [-0.39, 0.29) is 5.75 Å². The van der Waals surface area contributed by atoms with Crippen molar-refractivity contribution >= 4 is 23.1 Å². The Morgan fingerprint density at radius 3 is 2.65 bits per heavy atom. The van der Waals surface area contributed by atoms with Crippen LogP contribution in [0.3, 0.4) is 0 Å². The third-order valence-electron chi connectivity index (χ3n) is 3.21. The molecule has 20 heavy (non-hydrogen) atoms. The molecule has 0 aliphatic rings. The summed E-state index contributed by atoms with van der Waals surface area (Å²) in [5, 5.41) is 10.8. The molecule has 0 saturated heterocycles. The number of aromatic hydroxyl groups is 1. The summed E-state index contributed by atoms with van der Waals surface area (Å²) in [6, 6.07) is 17.6. The number of rotatable bonds is 2. The van der Waals surface area contributed by atoms with E-state index in [2.05, 4.69) is 30.1 Å². The Morgan fingerprint density at radius 1 is 0.950 bits per heavy atom. The molecular formula is C18H15NO. The van der Waals surface area contributed by atoms with Crippen LogP contribution in [-0.4, -0.2) is 10.1 Å². The van der Waals surface area contributed by atoms with Crippen LogP contribution in [0.4, 0.5) is 0 Å². The van der Waals surface area contributed by atoms with E-state index in [1.807, 2.05) is 42.5 Å². The zero-order valence-electron chi connectivity index (χ0n) is 11.2. The Labute approximate surface area is 118 Å². The number of nitrogens with zero attached hydrogens (tertiary/aromatic N) is 1. The fourth-order valence-corrected chi connectivity index (χ4v) is 2.19. The fraction of sp³-hybridized carbons (Fsp3) is 0.0556. The minimum Gasteiger partial charge on any atom is -0.506 e. The molecule has 98 valence electrons. The van der Waals surface area contributed by atoms with Crippen molar-refractivity contribution in [3.8, 4) is 5.75 Å². The smallest absolute Gasteiger partial charge is 0.141 e. The lowest BCUT2D eigenvalue weighted by molar-refractivity contribution is 0.480. The van der Waals surface area contributed by atoms with E-state index in [1.54, 1.807) is 6.07 Å². The lowest BCUT2D eigenvalue weighted by Gasteiger charge is -2.01. The number of benzene rings is 2. The third-order valence-corrected chi connectivity index (χ3v) is 3.21. The number of phenols is 1. The largest absolute Gasteiger partial charge is 0.506 e. The van der Waals surface area contributed by atoms with Gasteiger partial charge in [0, 0.05) is 5.39 Å². The Kier molecular flexibility index (Phi) is 3.21. The van der Waals surface area contributed by atoms with Gasteiger partial charge in [0.15, 0.2) is 0 Å². The first-order valence-corrected chi connectivity index (χ1v) is 6.56. The van der Waals surface area contributed by atoms with Gasteiger partial charge in [-0.1, -0.05) is 54.1 Å². The number of hydrogen-bond acceptors (Lipinski definition) is 2. The van der Waals surface area contributed by atoms with Gasteiger partial charge in [-0.2, -0.15) is 0 Å². The maximum Gasteiger partial charge on any atom is 0.141 e. The molecule has 0 aliphatic heterocycles. The molecule has 0 fully saturated rings. The van der Waals surface area contributed by atoms with Crippen LogP contribution in [0.5, 0.6) is 5.75 Å². The van der Waals surface area contributed by atoms with Crippen LogP contribution in [0.1, 0.15) is 16.8 Å². The highest BCUT2D eigenvalue weighted by Gasteiger charge is 2.00. The van der Waals surface area contributed by atoms with Gasteiger partial charge >= 0.3 is 0 Å². The number of hydrogen-bond donors (Lipinski definition) is 1. The van der Waals surface area contributed by atoms with E-state index in [4.69, 9.17) is 0 Å². The zero-order valence-corrected chi connectivity index (χ0v) is 11.2. The molecule has 1 aromatic heterocycles. The number of fused-ring (bicyclic) bond motifs is 1. The summed E-state index contributed by atoms with van der Waals surface area (Å²) in [6.45, 7) is 2.07. The Balaban J connectivity index is 1.97. The van der Waals surface area contributed by atoms with Crippen LogP contribution < -0.4 is 0 Å². The van der Waals surface area contributed by atoms with Crippen LogP contribution >= 0.6 is 0 Å². The van der Waals surface area contributed by atoms with Gasteiger partial charge in [-0.3, -0.25) is 0 Å². The topological polar surface area (TPSA) is 33.1 Å². The molecule has 0 saturated carbocycles. The second kappa shape index (κ2) is 5.17. The molecule has 0 bridgehead atoms. The highest BCUT2D eigenvalue weighted by Crippen LogP contribution is 2.22. The van der Waals surface area contributed by atoms with Gasteiger partial charge < -0.3 is 5.11 Å². The maximum atomic E-state index is 9.83. The van der Waals surface area contributed by atoms with Gasteiger partial charge in [0.1, 0.15) is 11.3 Å². The second-order valence-corrected chi connectivity index (χ2v) is 4.83. The van der Waals surface area contributed by atoms with E-state index in [9.17, 15) is 5.11 Å². The van der Waals surface area contributed by atoms with Crippen LogP contribution in [0.25, 0.3) is 23.1 Å². The fourth-order valence-electron chi connectivity index (χ4n) is 2.19. The first-order chi connectivity index (χ1) is 9.72. The van der Waals surface area contributed by atoms with Crippen LogP contribution in [0.2, 0.25) is 0 Å². The summed E-state index contributed by atoms with van der Waals surface area (Å²) >= 11 is 0. The molecule has 2 heteroatoms. The van der Waals surface area contributed by atoms with E-state index < -0.39 is 0 Å². The first kappa shape index (κ1) is 12.4. The average molecular weight is 261 g/mol. The van der Waals surface area contributed by atoms with Crippen LogP contribution in [0, 0.1) is 6.92 Å². The molecule has 0 atom stereocenters. The predicted octanol–water partition coefficient (Wildman–Crippen LogP) is 4.42. The summed E-state index contributed by atoms with van der Waals surface area (Å²) in [5.74, 6) is 0.216. The quantitative estimate of drug-likeness (QED) is 0.740. The third kappa shape index (κ3) is 2.54. The number of pyridine rings is 1. The molecular weight excluding hydrogens is 246 g/mol. The van der Waals surface area contributed by atoms with Gasteiger partial charge in [0.2, 0.25) is 0 Å². The highest BCUT2D eigenvalue weighted by molar-refractivity contribution is 5.85. The highest BCUT2D eigenvalue weighted by atomic mass is 16.3. The number of phenolic OH excluding ortho intramolecular Hbond substituents is 1. The summed E-state index contributed by atoms with van der Waals surface area (Å²) < 4.78 is 0. The van der Waals surface area contributed by atoms with Crippen molar-refractivity contribution in [2.45, 2.75) is 6.92 Å². The summed E-state index contributed by atoms with van der Waals surface area (Å²) in [6.07, 6.45) is 3.99. The molecule has 1 heterocycles. The average Bonchev–Trinajstić information content (AvgIpc) is 2.46. The van der Waals surface area contributed by atoms with Crippen molar-refractivity contribution in [2.75, 3.05) is 0 Å². The monoisotopic (exact) mass is 261 g/mol. The number of aryl methyl sites for hydroxylation is 1. The Hall–Kier alpha value is -2.61. The molecule has 0 amide bonds. The molecule has 0 radical (unpaired) electrons. The number of aromatic nitrogens is 1. The molecule has 1 N–H and O–H groups in total. The minimum absolute atomic E-state index is 0.216. The number of para-hydroxylation sites is 1. The van der Waals surface area contributed by atoms with Crippen molar-refractivity contribution in [2.24, 2.45) is 0 Å². The SMILES string of the molecule is Cc1cccc(/C=C/c2ccc3cccc(O)c3n2)c1. The molecule has 0 spiro atoms. The van der Waals surface area contributed by atoms with Crippen molar-refractivity contribution in [3.05, 3.63) is 71.4 Å². The minimum atomic E-state index is 0.216. The molecule has 0 unspecified atom stereocenters. The molecule has 3 rings (SSSR count). The maximum absolute atomic E-state index is 9.83. The first-order valence-electron chi connectivity index (χ1n) is 6.56.